The van der Waals surface area contributed by atoms with E-state index >= 15 is 0 Å². The summed E-state index contributed by atoms with van der Waals surface area (Å²) in [6.45, 7) is 1.94. The largest absolute Gasteiger partial charge is 0.332 e. The first-order chi connectivity index (χ1) is 9.06. The van der Waals surface area contributed by atoms with E-state index in [1.54, 1.807) is 12.1 Å². The van der Waals surface area contributed by atoms with Crippen molar-refractivity contribution < 1.29 is 0 Å². The second-order valence-corrected chi connectivity index (χ2v) is 5.25. The number of rotatable bonds is 2. The molecule has 0 amide bonds. The maximum absolute atomic E-state index is 6.06. The SMILES string of the molecule is Cc1c(Cl)cccc1NC(=S)Nc1ccc(Cl)cc1. The van der Waals surface area contributed by atoms with Gasteiger partial charge in [-0.15, -0.1) is 0 Å². The van der Waals surface area contributed by atoms with Gasteiger partial charge in [-0.3, -0.25) is 0 Å². The lowest BCUT2D eigenvalue weighted by Gasteiger charge is -2.13. The van der Waals surface area contributed by atoms with E-state index in [-0.39, 0.29) is 0 Å². The molecule has 2 aromatic rings. The maximum Gasteiger partial charge on any atom is 0.175 e. The van der Waals surface area contributed by atoms with Crippen molar-refractivity contribution in [2.45, 2.75) is 6.92 Å². The lowest BCUT2D eigenvalue weighted by atomic mass is 10.2. The second kappa shape index (κ2) is 6.24. The zero-order chi connectivity index (χ0) is 13.8. The Hall–Kier alpha value is -1.29. The summed E-state index contributed by atoms with van der Waals surface area (Å²) in [5.74, 6) is 0. The summed E-state index contributed by atoms with van der Waals surface area (Å²) in [5.41, 5.74) is 2.73. The minimum atomic E-state index is 0.507. The summed E-state index contributed by atoms with van der Waals surface area (Å²) in [6.07, 6.45) is 0. The molecule has 0 aliphatic carbocycles. The molecule has 0 spiro atoms. The molecular weight excluding hydrogens is 299 g/mol. The van der Waals surface area contributed by atoms with Gasteiger partial charge >= 0.3 is 0 Å². The molecule has 2 rings (SSSR count). The monoisotopic (exact) mass is 310 g/mol. The average Bonchev–Trinajstić information content (AvgIpc) is 2.38. The Labute approximate surface area is 127 Å². The van der Waals surface area contributed by atoms with Crippen LogP contribution in [0.4, 0.5) is 11.4 Å². The highest BCUT2D eigenvalue weighted by molar-refractivity contribution is 7.80. The maximum atomic E-state index is 6.06. The molecule has 0 unspecified atom stereocenters. The van der Waals surface area contributed by atoms with Gasteiger partial charge < -0.3 is 10.6 Å². The Morgan fingerprint density at radius 1 is 1.00 bits per heavy atom. The molecule has 5 heteroatoms. The van der Waals surface area contributed by atoms with E-state index in [0.717, 1.165) is 16.9 Å². The molecule has 0 saturated heterocycles. The highest BCUT2D eigenvalue weighted by Crippen LogP contribution is 2.23. The standard InChI is InChI=1S/C14H12Cl2N2S/c1-9-12(16)3-2-4-13(9)18-14(19)17-11-7-5-10(15)6-8-11/h2-8H,1H3,(H2,17,18,19). The van der Waals surface area contributed by atoms with E-state index < -0.39 is 0 Å². The van der Waals surface area contributed by atoms with Crippen LogP contribution in [-0.4, -0.2) is 5.11 Å². The first-order valence-corrected chi connectivity index (χ1v) is 6.81. The predicted octanol–water partition coefficient (Wildman–Crippen LogP) is 5.11. The van der Waals surface area contributed by atoms with Crippen molar-refractivity contribution in [2.24, 2.45) is 0 Å². The van der Waals surface area contributed by atoms with Crippen LogP contribution >= 0.6 is 35.4 Å². The van der Waals surface area contributed by atoms with Crippen LogP contribution in [-0.2, 0) is 0 Å². The molecule has 0 heterocycles. The van der Waals surface area contributed by atoms with Crippen LogP contribution in [0.5, 0.6) is 0 Å². The van der Waals surface area contributed by atoms with Crippen LogP contribution in [0.1, 0.15) is 5.56 Å². The number of thiocarbonyl (C=S) groups is 1. The fourth-order valence-corrected chi connectivity index (χ4v) is 2.09. The Kier molecular flexibility index (Phi) is 4.64. The summed E-state index contributed by atoms with van der Waals surface area (Å²) < 4.78 is 0. The lowest BCUT2D eigenvalue weighted by molar-refractivity contribution is 1.45. The number of anilines is 2. The van der Waals surface area contributed by atoms with Crippen molar-refractivity contribution >= 4 is 51.9 Å². The Morgan fingerprint density at radius 2 is 1.68 bits per heavy atom. The number of benzene rings is 2. The molecule has 0 aliphatic rings. The third kappa shape index (κ3) is 3.83. The summed E-state index contributed by atoms with van der Waals surface area (Å²) in [5, 5.41) is 8.10. The van der Waals surface area contributed by atoms with Gasteiger partial charge in [0.1, 0.15) is 0 Å². The van der Waals surface area contributed by atoms with E-state index in [1.165, 1.54) is 0 Å². The normalized spacial score (nSPS) is 10.1. The third-order valence-electron chi connectivity index (χ3n) is 2.62. The second-order valence-electron chi connectivity index (χ2n) is 4.00. The molecule has 0 atom stereocenters. The molecular formula is C14H12Cl2N2S. The van der Waals surface area contributed by atoms with Gasteiger partial charge in [0.2, 0.25) is 0 Å². The highest BCUT2D eigenvalue weighted by atomic mass is 35.5. The molecule has 2 nitrogen and oxygen atoms in total. The molecule has 19 heavy (non-hydrogen) atoms. The Bertz CT molecular complexity index is 597. The molecule has 2 N–H and O–H groups in total. The number of halogens is 2. The first-order valence-electron chi connectivity index (χ1n) is 5.65. The fraction of sp³-hybridized carbons (Fsp3) is 0.0714. The third-order valence-corrected chi connectivity index (χ3v) is 3.48. The van der Waals surface area contributed by atoms with Crippen molar-refractivity contribution in [3.63, 3.8) is 0 Å². The zero-order valence-corrected chi connectivity index (χ0v) is 12.5. The van der Waals surface area contributed by atoms with Crippen LogP contribution < -0.4 is 10.6 Å². The minimum Gasteiger partial charge on any atom is -0.332 e. The topological polar surface area (TPSA) is 24.1 Å². The molecule has 0 bridgehead atoms. The summed E-state index contributed by atoms with van der Waals surface area (Å²) >= 11 is 17.1. The summed E-state index contributed by atoms with van der Waals surface area (Å²) in [4.78, 5) is 0. The van der Waals surface area contributed by atoms with Crippen molar-refractivity contribution in [3.8, 4) is 0 Å². The van der Waals surface area contributed by atoms with Gasteiger partial charge in [-0.05, 0) is 61.1 Å². The first kappa shape index (κ1) is 14.1. The number of nitrogens with one attached hydrogen (secondary N) is 2. The van der Waals surface area contributed by atoms with Gasteiger partial charge in [-0.25, -0.2) is 0 Å². The van der Waals surface area contributed by atoms with Crippen LogP contribution in [0.15, 0.2) is 42.5 Å². The average molecular weight is 311 g/mol. The molecule has 0 aliphatic heterocycles. The van der Waals surface area contributed by atoms with Crippen molar-refractivity contribution in [1.29, 1.82) is 0 Å². The van der Waals surface area contributed by atoms with Crippen LogP contribution in [0, 0.1) is 6.92 Å². The van der Waals surface area contributed by atoms with E-state index in [2.05, 4.69) is 10.6 Å². The number of hydrogen-bond donors (Lipinski definition) is 2. The smallest absolute Gasteiger partial charge is 0.175 e. The van der Waals surface area contributed by atoms with Gasteiger partial charge in [-0.2, -0.15) is 0 Å². The zero-order valence-electron chi connectivity index (χ0n) is 10.2. The fourth-order valence-electron chi connectivity index (χ4n) is 1.56. The van der Waals surface area contributed by atoms with E-state index in [1.807, 2.05) is 37.3 Å². The van der Waals surface area contributed by atoms with Crippen molar-refractivity contribution in [2.75, 3.05) is 10.6 Å². The van der Waals surface area contributed by atoms with E-state index in [9.17, 15) is 0 Å². The van der Waals surface area contributed by atoms with Gasteiger partial charge in [0.15, 0.2) is 5.11 Å². The number of hydrogen-bond acceptors (Lipinski definition) is 1. The minimum absolute atomic E-state index is 0.507. The molecule has 0 saturated carbocycles. The highest BCUT2D eigenvalue weighted by Gasteiger charge is 2.04. The van der Waals surface area contributed by atoms with Crippen LogP contribution in [0.2, 0.25) is 10.0 Å². The quantitative estimate of drug-likeness (QED) is 0.754. The lowest BCUT2D eigenvalue weighted by Crippen LogP contribution is -2.19. The molecule has 2 aromatic carbocycles. The van der Waals surface area contributed by atoms with Gasteiger partial charge in [-0.1, -0.05) is 29.3 Å². The predicted molar refractivity (Wildman–Crippen MR) is 87.5 cm³/mol. The van der Waals surface area contributed by atoms with E-state index in [0.29, 0.717) is 15.2 Å². The summed E-state index contributed by atoms with van der Waals surface area (Å²) in [6, 6.07) is 13.0. The Morgan fingerprint density at radius 3 is 2.37 bits per heavy atom. The Balaban J connectivity index is 2.05. The van der Waals surface area contributed by atoms with Crippen molar-refractivity contribution in [3.05, 3.63) is 58.1 Å². The van der Waals surface area contributed by atoms with Crippen LogP contribution in [0.3, 0.4) is 0 Å². The van der Waals surface area contributed by atoms with Crippen molar-refractivity contribution in [1.82, 2.24) is 0 Å². The summed E-state index contributed by atoms with van der Waals surface area (Å²) in [7, 11) is 0. The molecule has 0 fully saturated rings. The van der Waals surface area contributed by atoms with E-state index in [4.69, 9.17) is 35.4 Å². The van der Waals surface area contributed by atoms with Crippen LogP contribution in [0.25, 0.3) is 0 Å². The van der Waals surface area contributed by atoms with Gasteiger partial charge in [0, 0.05) is 21.4 Å². The molecule has 0 aromatic heterocycles. The molecule has 98 valence electrons. The molecule has 0 radical (unpaired) electrons. The van der Waals surface area contributed by atoms with Gasteiger partial charge in [0.05, 0.1) is 0 Å². The van der Waals surface area contributed by atoms with Gasteiger partial charge in [0.25, 0.3) is 0 Å².